The second-order valence-electron chi connectivity index (χ2n) is 4.95. The Morgan fingerprint density at radius 2 is 2.38 bits per heavy atom. The van der Waals surface area contributed by atoms with E-state index in [1.54, 1.807) is 0 Å². The van der Waals surface area contributed by atoms with Crippen molar-refractivity contribution in [3.63, 3.8) is 0 Å². The molecule has 1 saturated heterocycles. The maximum Gasteiger partial charge on any atom is 0.240 e. The topological polar surface area (TPSA) is 74.7 Å². The number of hydrogen-bond donors (Lipinski definition) is 2. The standard InChI is InChI=1S/C14H17N3O3S/c18-9-10-7-17(5-6-20-10)8-13(19)16-14-15-11-3-1-2-4-12(11)21-14/h1-4,10,18H,5-9H2,(H,15,16,19). The van der Waals surface area contributed by atoms with Gasteiger partial charge in [-0.3, -0.25) is 9.69 Å². The number of amides is 1. The number of nitrogens with one attached hydrogen (secondary N) is 1. The molecule has 0 bridgehead atoms. The third kappa shape index (κ3) is 3.56. The van der Waals surface area contributed by atoms with Crippen molar-refractivity contribution in [3.8, 4) is 0 Å². The van der Waals surface area contributed by atoms with Crippen LogP contribution >= 0.6 is 11.3 Å². The molecule has 1 aromatic carbocycles. The maximum atomic E-state index is 12.1. The van der Waals surface area contributed by atoms with Crippen LogP contribution in [0.1, 0.15) is 0 Å². The smallest absolute Gasteiger partial charge is 0.240 e. The lowest BCUT2D eigenvalue weighted by Crippen LogP contribution is -2.46. The average molecular weight is 307 g/mol. The van der Waals surface area contributed by atoms with E-state index in [1.165, 1.54) is 11.3 Å². The van der Waals surface area contributed by atoms with Crippen molar-refractivity contribution in [2.45, 2.75) is 6.10 Å². The van der Waals surface area contributed by atoms with Gasteiger partial charge in [0, 0.05) is 13.1 Å². The van der Waals surface area contributed by atoms with Crippen LogP contribution in [0.4, 0.5) is 5.13 Å². The van der Waals surface area contributed by atoms with Gasteiger partial charge in [-0.2, -0.15) is 0 Å². The van der Waals surface area contributed by atoms with Crippen molar-refractivity contribution in [2.24, 2.45) is 0 Å². The highest BCUT2D eigenvalue weighted by Gasteiger charge is 2.21. The van der Waals surface area contributed by atoms with Gasteiger partial charge in [-0.05, 0) is 12.1 Å². The number of ether oxygens (including phenoxy) is 1. The SMILES string of the molecule is O=C(CN1CCOC(CO)C1)Nc1nc2ccccc2s1. The number of benzene rings is 1. The minimum Gasteiger partial charge on any atom is -0.394 e. The summed E-state index contributed by atoms with van der Waals surface area (Å²) in [4.78, 5) is 18.4. The number of nitrogens with zero attached hydrogens (tertiary/aromatic N) is 2. The Hall–Kier alpha value is -1.54. The lowest BCUT2D eigenvalue weighted by molar-refractivity contribution is -0.120. The highest BCUT2D eigenvalue weighted by atomic mass is 32.1. The van der Waals surface area contributed by atoms with Gasteiger partial charge in [0.25, 0.3) is 0 Å². The molecule has 1 unspecified atom stereocenters. The Labute approximate surface area is 126 Å². The van der Waals surface area contributed by atoms with E-state index >= 15 is 0 Å². The fraction of sp³-hybridized carbons (Fsp3) is 0.429. The Morgan fingerprint density at radius 1 is 1.52 bits per heavy atom. The van der Waals surface area contributed by atoms with Crippen LogP contribution in [0.25, 0.3) is 10.2 Å². The van der Waals surface area contributed by atoms with Crippen molar-refractivity contribution in [2.75, 3.05) is 38.2 Å². The Kier molecular flexibility index (Phi) is 4.45. The summed E-state index contributed by atoms with van der Waals surface area (Å²) in [5.41, 5.74) is 0.893. The molecule has 1 aliphatic heterocycles. The summed E-state index contributed by atoms with van der Waals surface area (Å²) in [7, 11) is 0. The van der Waals surface area contributed by atoms with Crippen molar-refractivity contribution in [1.29, 1.82) is 0 Å². The van der Waals surface area contributed by atoms with Crippen LogP contribution in [0.3, 0.4) is 0 Å². The summed E-state index contributed by atoms with van der Waals surface area (Å²) in [5, 5.41) is 12.6. The molecule has 112 valence electrons. The lowest BCUT2D eigenvalue weighted by atomic mass is 10.3. The van der Waals surface area contributed by atoms with Gasteiger partial charge in [-0.15, -0.1) is 0 Å². The number of carbonyl (C=O) groups excluding carboxylic acids is 1. The van der Waals surface area contributed by atoms with E-state index in [9.17, 15) is 4.79 Å². The van der Waals surface area contributed by atoms with Crippen LogP contribution in [0.5, 0.6) is 0 Å². The van der Waals surface area contributed by atoms with Crippen molar-refractivity contribution >= 4 is 32.6 Å². The third-order valence-corrected chi connectivity index (χ3v) is 4.29. The van der Waals surface area contributed by atoms with Gasteiger partial charge in [0.2, 0.25) is 5.91 Å². The number of aliphatic hydroxyl groups is 1. The van der Waals surface area contributed by atoms with E-state index in [1.807, 2.05) is 29.2 Å². The summed E-state index contributed by atoms with van der Waals surface area (Å²) < 4.78 is 6.42. The molecule has 0 spiro atoms. The second-order valence-corrected chi connectivity index (χ2v) is 5.98. The summed E-state index contributed by atoms with van der Waals surface area (Å²) in [6.45, 7) is 2.08. The highest BCUT2D eigenvalue weighted by molar-refractivity contribution is 7.22. The molecule has 1 amide bonds. The number of morpholine rings is 1. The van der Waals surface area contributed by atoms with Crippen molar-refractivity contribution in [3.05, 3.63) is 24.3 Å². The number of para-hydroxylation sites is 1. The first kappa shape index (κ1) is 14.4. The lowest BCUT2D eigenvalue weighted by Gasteiger charge is -2.31. The zero-order chi connectivity index (χ0) is 14.7. The van der Waals surface area contributed by atoms with Crippen LogP contribution in [0.2, 0.25) is 0 Å². The van der Waals surface area contributed by atoms with E-state index in [2.05, 4.69) is 10.3 Å². The van der Waals surface area contributed by atoms with Crippen LogP contribution in [0, 0.1) is 0 Å². The summed E-state index contributed by atoms with van der Waals surface area (Å²) >= 11 is 1.47. The molecule has 2 aromatic rings. The zero-order valence-electron chi connectivity index (χ0n) is 11.5. The second kappa shape index (κ2) is 6.48. The van der Waals surface area contributed by atoms with E-state index in [-0.39, 0.29) is 25.2 Å². The van der Waals surface area contributed by atoms with E-state index < -0.39 is 0 Å². The molecule has 1 aromatic heterocycles. The van der Waals surface area contributed by atoms with Gasteiger partial charge in [0.1, 0.15) is 0 Å². The number of hydrogen-bond acceptors (Lipinski definition) is 6. The third-order valence-electron chi connectivity index (χ3n) is 3.33. The molecular formula is C14H17N3O3S. The Balaban J connectivity index is 1.58. The molecule has 3 rings (SSSR count). The molecule has 1 aliphatic rings. The summed E-state index contributed by atoms with van der Waals surface area (Å²) in [5.74, 6) is -0.0901. The minimum atomic E-state index is -0.200. The van der Waals surface area contributed by atoms with Crippen LogP contribution in [0.15, 0.2) is 24.3 Å². The van der Waals surface area contributed by atoms with Crippen LogP contribution < -0.4 is 5.32 Å². The number of rotatable bonds is 4. The van der Waals surface area contributed by atoms with Crippen molar-refractivity contribution in [1.82, 2.24) is 9.88 Å². The molecule has 0 radical (unpaired) electrons. The van der Waals surface area contributed by atoms with Gasteiger partial charge in [-0.25, -0.2) is 4.98 Å². The molecule has 0 aliphatic carbocycles. The van der Waals surface area contributed by atoms with Gasteiger partial charge in [-0.1, -0.05) is 23.5 Å². The number of aliphatic hydroxyl groups excluding tert-OH is 1. The molecule has 0 saturated carbocycles. The predicted molar refractivity (Wildman–Crippen MR) is 81.5 cm³/mol. The number of aromatic nitrogens is 1. The number of thiazole rings is 1. The highest BCUT2D eigenvalue weighted by Crippen LogP contribution is 2.25. The first-order valence-corrected chi connectivity index (χ1v) is 7.66. The van der Waals surface area contributed by atoms with Crippen LogP contribution in [-0.4, -0.2) is 59.8 Å². The number of anilines is 1. The fourth-order valence-electron chi connectivity index (χ4n) is 2.32. The maximum absolute atomic E-state index is 12.1. The molecular weight excluding hydrogens is 290 g/mol. The minimum absolute atomic E-state index is 0.0179. The molecule has 2 N–H and O–H groups in total. The van der Waals surface area contributed by atoms with Gasteiger partial charge in [0.05, 0.1) is 36.1 Å². The van der Waals surface area contributed by atoms with E-state index in [0.717, 1.165) is 10.2 Å². The summed E-state index contributed by atoms with van der Waals surface area (Å²) in [6, 6.07) is 7.79. The first-order chi connectivity index (χ1) is 10.2. The van der Waals surface area contributed by atoms with E-state index in [4.69, 9.17) is 9.84 Å². The molecule has 7 heteroatoms. The number of fused-ring (bicyclic) bond motifs is 1. The predicted octanol–water partition coefficient (Wildman–Crippen LogP) is 0.928. The Morgan fingerprint density at radius 3 is 3.19 bits per heavy atom. The molecule has 1 atom stereocenters. The molecule has 21 heavy (non-hydrogen) atoms. The van der Waals surface area contributed by atoms with Gasteiger partial charge < -0.3 is 15.2 Å². The fourth-order valence-corrected chi connectivity index (χ4v) is 3.20. The molecule has 2 heterocycles. The van der Waals surface area contributed by atoms with Gasteiger partial charge in [0.15, 0.2) is 5.13 Å². The van der Waals surface area contributed by atoms with Gasteiger partial charge >= 0.3 is 0 Å². The number of carbonyl (C=O) groups is 1. The first-order valence-electron chi connectivity index (χ1n) is 6.85. The Bertz CT molecular complexity index is 598. The molecule has 1 fully saturated rings. The van der Waals surface area contributed by atoms with E-state index in [0.29, 0.717) is 24.8 Å². The quantitative estimate of drug-likeness (QED) is 0.879. The zero-order valence-corrected chi connectivity index (χ0v) is 12.3. The normalized spacial score (nSPS) is 19.8. The van der Waals surface area contributed by atoms with Crippen molar-refractivity contribution < 1.29 is 14.6 Å². The average Bonchev–Trinajstić information content (AvgIpc) is 2.89. The molecule has 6 nitrogen and oxygen atoms in total. The monoisotopic (exact) mass is 307 g/mol. The summed E-state index contributed by atoms with van der Waals surface area (Å²) in [6.07, 6.45) is -0.200. The largest absolute Gasteiger partial charge is 0.394 e. The van der Waals surface area contributed by atoms with Crippen LogP contribution in [-0.2, 0) is 9.53 Å².